The van der Waals surface area contributed by atoms with Crippen LogP contribution in [0.1, 0.15) is 54.5 Å². The summed E-state index contributed by atoms with van der Waals surface area (Å²) >= 11 is 0. The molecule has 2 fully saturated rings. The highest BCUT2D eigenvalue weighted by Crippen LogP contribution is 2.46. The molecule has 254 valence electrons. The Morgan fingerprint density at radius 1 is 0.958 bits per heavy atom. The van der Waals surface area contributed by atoms with Crippen LogP contribution in [0.3, 0.4) is 0 Å². The number of carbonyl (C=O) groups is 4. The topological polar surface area (TPSA) is 163 Å². The number of carbonyl (C=O) groups excluding carboxylic acids is 2. The number of ether oxygens (including phenoxy) is 2. The smallest absolute Gasteiger partial charge is 0.326 e. The van der Waals surface area contributed by atoms with E-state index < -0.39 is 66.2 Å². The number of aryl methyl sites for hydroxylation is 1. The van der Waals surface area contributed by atoms with E-state index in [4.69, 9.17) is 19.7 Å². The van der Waals surface area contributed by atoms with E-state index in [9.17, 15) is 33.1 Å². The Balaban J connectivity index is 1.22. The van der Waals surface area contributed by atoms with Gasteiger partial charge >= 0.3 is 11.9 Å². The minimum absolute atomic E-state index is 0.146. The number of β-lactam (4-membered cyclic amide) rings is 1. The van der Waals surface area contributed by atoms with E-state index in [0.29, 0.717) is 30.5 Å². The highest BCUT2D eigenvalue weighted by Gasteiger charge is 2.48. The first-order valence-electron chi connectivity index (χ1n) is 15.5. The van der Waals surface area contributed by atoms with E-state index in [0.717, 1.165) is 11.1 Å². The molecule has 5 rings (SSSR count). The van der Waals surface area contributed by atoms with Crippen LogP contribution in [0.4, 0.5) is 14.5 Å². The molecule has 4 N–H and O–H groups in total. The maximum absolute atomic E-state index is 13.7. The van der Waals surface area contributed by atoms with Gasteiger partial charge in [-0.1, -0.05) is 36.4 Å². The van der Waals surface area contributed by atoms with Gasteiger partial charge in [-0.15, -0.1) is 0 Å². The van der Waals surface area contributed by atoms with Crippen molar-refractivity contribution >= 4 is 29.4 Å². The Kier molecular flexibility index (Phi) is 10.8. The molecule has 48 heavy (non-hydrogen) atoms. The molecule has 0 radical (unpaired) electrons. The van der Waals surface area contributed by atoms with E-state index in [-0.39, 0.29) is 31.6 Å². The minimum Gasteiger partial charge on any atom is -0.481 e. The molecular weight excluding hydrogens is 630 g/mol. The maximum atomic E-state index is 13.7. The quantitative estimate of drug-likeness (QED) is 0.166. The standard InChI is InChI=1S/C35H36F2N2O9/c36-24-7-5-22(6-8-24)29(40)14-13-27-32(39(33(27)44)26-11-9-25(37)10-12-26)23-3-1-21(2-4-23)15-16-35(19-47-20-35)48-18-30(41)38-28(34(45)46)17-31(42)43/h1-12,27-29,32,40H,13-20H2,(H,38,41)(H,42,43)(H,45,46)/t27-,28-,29+,32-/m1/s1. The number of halogens is 2. The molecule has 0 aliphatic carbocycles. The van der Waals surface area contributed by atoms with Gasteiger partial charge in [0.15, 0.2) is 0 Å². The van der Waals surface area contributed by atoms with Crippen molar-refractivity contribution in [3.05, 3.63) is 101 Å². The number of aliphatic hydroxyl groups excluding tert-OH is 1. The highest BCUT2D eigenvalue weighted by molar-refractivity contribution is 6.03. The number of rotatable bonds is 16. The van der Waals surface area contributed by atoms with E-state index in [1.165, 1.54) is 36.4 Å². The summed E-state index contributed by atoms with van der Waals surface area (Å²) < 4.78 is 38.2. The van der Waals surface area contributed by atoms with Gasteiger partial charge in [-0.05, 0) is 78.8 Å². The summed E-state index contributed by atoms with van der Waals surface area (Å²) in [6.07, 6.45) is 0.0671. The largest absolute Gasteiger partial charge is 0.481 e. The average molecular weight is 667 g/mol. The molecular formula is C35H36F2N2O9. The Hall–Kier alpha value is -4.72. The summed E-state index contributed by atoms with van der Waals surface area (Å²) in [5, 5.41) is 30.9. The monoisotopic (exact) mass is 666 g/mol. The fourth-order valence-electron chi connectivity index (χ4n) is 6.00. The number of hydrogen-bond donors (Lipinski definition) is 4. The van der Waals surface area contributed by atoms with Gasteiger partial charge in [-0.2, -0.15) is 0 Å². The molecule has 2 saturated heterocycles. The summed E-state index contributed by atoms with van der Waals surface area (Å²) in [5.74, 6) is -4.99. The summed E-state index contributed by atoms with van der Waals surface area (Å²) in [7, 11) is 0. The first kappa shape index (κ1) is 34.6. The summed E-state index contributed by atoms with van der Waals surface area (Å²) in [6, 6.07) is 17.0. The molecule has 0 aromatic heterocycles. The third kappa shape index (κ3) is 8.22. The number of nitrogens with one attached hydrogen (secondary N) is 1. The lowest BCUT2D eigenvalue weighted by atomic mass is 9.78. The lowest BCUT2D eigenvalue weighted by Gasteiger charge is -2.48. The van der Waals surface area contributed by atoms with Crippen LogP contribution < -0.4 is 10.2 Å². The lowest BCUT2D eigenvalue weighted by molar-refractivity contribution is -0.212. The predicted molar refractivity (Wildman–Crippen MR) is 167 cm³/mol. The molecule has 2 heterocycles. The van der Waals surface area contributed by atoms with Crippen molar-refractivity contribution in [3.8, 4) is 0 Å². The van der Waals surface area contributed by atoms with Crippen LogP contribution in [0.25, 0.3) is 0 Å². The molecule has 11 nitrogen and oxygen atoms in total. The number of aliphatic carboxylic acids is 2. The number of aliphatic hydroxyl groups is 1. The van der Waals surface area contributed by atoms with E-state index in [1.807, 2.05) is 24.3 Å². The first-order valence-corrected chi connectivity index (χ1v) is 15.5. The number of amides is 2. The minimum atomic E-state index is -1.57. The molecule has 2 aliphatic heterocycles. The number of carboxylic acids is 2. The normalized spacial score (nSPS) is 19.5. The first-order chi connectivity index (χ1) is 22.9. The van der Waals surface area contributed by atoms with Crippen molar-refractivity contribution in [2.24, 2.45) is 5.92 Å². The Bertz CT molecular complexity index is 1610. The van der Waals surface area contributed by atoms with Gasteiger partial charge in [0.2, 0.25) is 11.8 Å². The predicted octanol–water partition coefficient (Wildman–Crippen LogP) is 3.95. The molecule has 2 aliphatic rings. The van der Waals surface area contributed by atoms with Crippen LogP contribution >= 0.6 is 0 Å². The van der Waals surface area contributed by atoms with Gasteiger partial charge in [-0.25, -0.2) is 13.6 Å². The summed E-state index contributed by atoms with van der Waals surface area (Å²) in [6.45, 7) is 0.00804. The second-order valence-electron chi connectivity index (χ2n) is 12.1. The van der Waals surface area contributed by atoms with Crippen LogP contribution in [0.15, 0.2) is 72.8 Å². The Morgan fingerprint density at radius 3 is 2.15 bits per heavy atom. The molecule has 2 amide bonds. The van der Waals surface area contributed by atoms with Crippen LogP contribution in [-0.2, 0) is 35.1 Å². The fraction of sp³-hybridized carbons (Fsp3) is 0.371. The molecule has 0 saturated carbocycles. The zero-order valence-electron chi connectivity index (χ0n) is 25.9. The van der Waals surface area contributed by atoms with E-state index in [1.54, 1.807) is 17.0 Å². The SMILES string of the molecule is O=C(O)C[C@@H](NC(=O)COC1(CCc2ccc([C@@H]3[C@@H](CC[C@H](O)c4ccc(F)cc4)C(=O)N3c3ccc(F)cc3)cc2)COC1)C(=O)O. The van der Waals surface area contributed by atoms with Crippen LogP contribution in [-0.4, -0.2) is 70.5 Å². The maximum Gasteiger partial charge on any atom is 0.326 e. The fourth-order valence-corrected chi connectivity index (χ4v) is 6.00. The average Bonchev–Trinajstić information content (AvgIpc) is 3.04. The number of anilines is 1. The van der Waals surface area contributed by atoms with Gasteiger partial charge in [0.1, 0.15) is 29.9 Å². The van der Waals surface area contributed by atoms with Gasteiger partial charge in [0.05, 0.1) is 37.7 Å². The lowest BCUT2D eigenvalue weighted by Crippen LogP contribution is -2.55. The number of carboxylic acid groups (broad SMARTS) is 2. The number of benzene rings is 3. The third-order valence-electron chi connectivity index (χ3n) is 8.77. The van der Waals surface area contributed by atoms with Crippen LogP contribution in [0.2, 0.25) is 0 Å². The van der Waals surface area contributed by atoms with Crippen LogP contribution in [0, 0.1) is 17.6 Å². The summed E-state index contributed by atoms with van der Waals surface area (Å²) in [5.41, 5.74) is 2.15. The molecule has 3 aromatic carbocycles. The molecule has 0 spiro atoms. The van der Waals surface area contributed by atoms with Crippen molar-refractivity contribution in [2.75, 3.05) is 24.7 Å². The van der Waals surface area contributed by atoms with Gasteiger partial charge in [0, 0.05) is 5.69 Å². The molecule has 0 bridgehead atoms. The highest BCUT2D eigenvalue weighted by atomic mass is 19.1. The van der Waals surface area contributed by atoms with Crippen molar-refractivity contribution in [1.29, 1.82) is 0 Å². The molecule has 3 aromatic rings. The van der Waals surface area contributed by atoms with Gasteiger partial charge < -0.3 is 35.0 Å². The van der Waals surface area contributed by atoms with E-state index >= 15 is 0 Å². The molecule has 13 heteroatoms. The second-order valence-corrected chi connectivity index (χ2v) is 12.1. The van der Waals surface area contributed by atoms with Gasteiger partial charge in [0.25, 0.3) is 0 Å². The van der Waals surface area contributed by atoms with Crippen LogP contribution in [0.5, 0.6) is 0 Å². The number of hydrogen-bond acceptors (Lipinski definition) is 7. The molecule has 4 atom stereocenters. The van der Waals surface area contributed by atoms with Crippen molar-refractivity contribution in [3.63, 3.8) is 0 Å². The number of nitrogens with zero attached hydrogens (tertiary/aromatic N) is 1. The van der Waals surface area contributed by atoms with Crippen molar-refractivity contribution in [1.82, 2.24) is 5.32 Å². The third-order valence-corrected chi connectivity index (χ3v) is 8.77. The zero-order valence-corrected chi connectivity index (χ0v) is 25.9. The Morgan fingerprint density at radius 2 is 1.58 bits per heavy atom. The zero-order chi connectivity index (χ0) is 34.4. The van der Waals surface area contributed by atoms with E-state index in [2.05, 4.69) is 5.32 Å². The van der Waals surface area contributed by atoms with Crippen molar-refractivity contribution < 1.29 is 52.8 Å². The van der Waals surface area contributed by atoms with Crippen molar-refractivity contribution in [2.45, 2.75) is 55.9 Å². The van der Waals surface area contributed by atoms with Gasteiger partial charge in [-0.3, -0.25) is 14.4 Å². The second kappa shape index (κ2) is 15.0. The molecule has 0 unspecified atom stereocenters. The summed E-state index contributed by atoms with van der Waals surface area (Å²) in [4.78, 5) is 49.4. The Labute approximate surface area is 275 Å².